The van der Waals surface area contributed by atoms with Gasteiger partial charge in [0.1, 0.15) is 10.7 Å². The summed E-state index contributed by atoms with van der Waals surface area (Å²) in [6.45, 7) is 2.96. The molecule has 3 N–H and O–H groups in total. The second-order valence-electron chi connectivity index (χ2n) is 5.81. The number of hydrogen-bond acceptors (Lipinski definition) is 5. The molecule has 0 atom stereocenters. The quantitative estimate of drug-likeness (QED) is 0.887. The Bertz CT molecular complexity index is 463. The summed E-state index contributed by atoms with van der Waals surface area (Å²) in [6, 6.07) is 0. The van der Waals surface area contributed by atoms with Crippen LogP contribution >= 0.6 is 11.3 Å². The van der Waals surface area contributed by atoms with Gasteiger partial charge in [0.2, 0.25) is 0 Å². The Labute approximate surface area is 118 Å². The van der Waals surface area contributed by atoms with Crippen LogP contribution in [0.1, 0.15) is 42.3 Å². The smallest absolute Gasteiger partial charge is 0.265 e. The van der Waals surface area contributed by atoms with E-state index in [9.17, 15) is 4.79 Å². The van der Waals surface area contributed by atoms with Gasteiger partial charge in [-0.05, 0) is 18.3 Å². The third kappa shape index (κ3) is 3.18. The van der Waals surface area contributed by atoms with Gasteiger partial charge in [0.15, 0.2) is 5.13 Å². The lowest BCUT2D eigenvalue weighted by Gasteiger charge is -2.23. The van der Waals surface area contributed by atoms with E-state index in [0.29, 0.717) is 10.7 Å². The van der Waals surface area contributed by atoms with Crippen LogP contribution in [0.5, 0.6) is 0 Å². The predicted molar refractivity (Wildman–Crippen MR) is 79.8 cm³/mol. The number of hydrogen-bond donors (Lipinski definition) is 2. The number of carbonyl (C=O) groups excluding carboxylic acids is 1. The van der Waals surface area contributed by atoms with Crippen molar-refractivity contribution in [2.45, 2.75) is 32.6 Å². The molecule has 1 amide bonds. The minimum Gasteiger partial charge on any atom is -0.382 e. The number of rotatable bonds is 4. The first-order chi connectivity index (χ1) is 8.91. The maximum absolute atomic E-state index is 12.2. The molecule has 1 aromatic heterocycles. The monoisotopic (exact) mass is 282 g/mol. The number of thiazole rings is 1. The Morgan fingerprint density at radius 1 is 1.47 bits per heavy atom. The number of amides is 1. The van der Waals surface area contributed by atoms with Crippen LogP contribution in [0.4, 0.5) is 10.9 Å². The molecule has 1 aliphatic rings. The van der Waals surface area contributed by atoms with E-state index in [1.807, 2.05) is 19.0 Å². The van der Waals surface area contributed by atoms with Crippen LogP contribution in [-0.2, 0) is 0 Å². The molecule has 1 heterocycles. The van der Waals surface area contributed by atoms with Crippen molar-refractivity contribution in [1.82, 2.24) is 10.3 Å². The van der Waals surface area contributed by atoms with Crippen molar-refractivity contribution in [3.05, 3.63) is 4.88 Å². The molecular weight excluding hydrogens is 260 g/mol. The number of nitrogens with two attached hydrogens (primary N) is 1. The highest BCUT2D eigenvalue weighted by molar-refractivity contribution is 7.18. The van der Waals surface area contributed by atoms with E-state index in [1.54, 1.807) is 0 Å². The van der Waals surface area contributed by atoms with Gasteiger partial charge in [-0.3, -0.25) is 4.79 Å². The normalized spacial score (nSPS) is 17.4. The Hall–Kier alpha value is -1.30. The van der Waals surface area contributed by atoms with Gasteiger partial charge in [0.05, 0.1) is 0 Å². The number of nitrogens with one attached hydrogen (secondary N) is 1. The molecule has 2 rings (SSSR count). The zero-order valence-corrected chi connectivity index (χ0v) is 12.6. The van der Waals surface area contributed by atoms with E-state index in [-0.39, 0.29) is 11.3 Å². The van der Waals surface area contributed by atoms with Crippen molar-refractivity contribution in [2.24, 2.45) is 5.41 Å². The molecule has 1 aromatic rings. The van der Waals surface area contributed by atoms with E-state index in [0.717, 1.165) is 11.7 Å². The highest BCUT2D eigenvalue weighted by Crippen LogP contribution is 2.37. The van der Waals surface area contributed by atoms with E-state index >= 15 is 0 Å². The summed E-state index contributed by atoms with van der Waals surface area (Å²) in [6.07, 6.45) is 4.91. The fourth-order valence-electron chi connectivity index (χ4n) is 2.45. The number of nitrogens with zero attached hydrogens (tertiary/aromatic N) is 2. The summed E-state index contributed by atoms with van der Waals surface area (Å²) in [7, 11) is 3.78. The Kier molecular flexibility index (Phi) is 3.99. The fourth-order valence-corrected chi connectivity index (χ4v) is 3.28. The van der Waals surface area contributed by atoms with E-state index in [2.05, 4.69) is 17.2 Å². The number of nitrogen functional groups attached to an aromatic ring is 1. The van der Waals surface area contributed by atoms with Gasteiger partial charge in [-0.1, -0.05) is 31.1 Å². The van der Waals surface area contributed by atoms with Gasteiger partial charge in [-0.15, -0.1) is 0 Å². The average molecular weight is 282 g/mol. The lowest BCUT2D eigenvalue weighted by Crippen LogP contribution is -2.34. The summed E-state index contributed by atoms with van der Waals surface area (Å²) < 4.78 is 0. The molecule has 0 saturated heterocycles. The molecule has 0 spiro atoms. The van der Waals surface area contributed by atoms with Crippen molar-refractivity contribution < 1.29 is 4.79 Å². The molecule has 1 aliphatic carbocycles. The number of aromatic nitrogens is 1. The Morgan fingerprint density at radius 2 is 2.11 bits per heavy atom. The molecule has 1 fully saturated rings. The first-order valence-electron chi connectivity index (χ1n) is 6.63. The van der Waals surface area contributed by atoms with Gasteiger partial charge in [0.25, 0.3) is 5.91 Å². The zero-order chi connectivity index (χ0) is 14.0. The van der Waals surface area contributed by atoms with Crippen LogP contribution in [0.15, 0.2) is 0 Å². The molecule has 0 aliphatic heterocycles. The number of anilines is 2. The highest BCUT2D eigenvalue weighted by Gasteiger charge is 2.29. The first kappa shape index (κ1) is 14.1. The zero-order valence-electron chi connectivity index (χ0n) is 11.8. The van der Waals surface area contributed by atoms with Crippen molar-refractivity contribution in [2.75, 3.05) is 31.3 Å². The molecule has 5 nitrogen and oxygen atoms in total. The minimum absolute atomic E-state index is 0.101. The largest absolute Gasteiger partial charge is 0.382 e. The van der Waals surface area contributed by atoms with Crippen molar-refractivity contribution >= 4 is 28.2 Å². The SMILES string of the molecule is CN(C)c1nc(N)c(C(=O)NCC2(C)CCCC2)s1. The minimum atomic E-state index is -0.101. The molecule has 0 aromatic carbocycles. The van der Waals surface area contributed by atoms with Crippen LogP contribution < -0.4 is 16.0 Å². The van der Waals surface area contributed by atoms with Crippen LogP contribution in [0.25, 0.3) is 0 Å². The van der Waals surface area contributed by atoms with E-state index in [1.165, 1.54) is 37.0 Å². The van der Waals surface area contributed by atoms with Gasteiger partial charge >= 0.3 is 0 Å². The predicted octanol–water partition coefficient (Wildman–Crippen LogP) is 2.10. The second kappa shape index (κ2) is 5.36. The topological polar surface area (TPSA) is 71.2 Å². The standard InChI is InChI=1S/C13H22N4OS/c1-13(6-4-5-7-13)8-15-11(18)9-10(14)16-12(19-9)17(2)3/h4-8,14H2,1-3H3,(H,15,18). The van der Waals surface area contributed by atoms with Crippen LogP contribution in [0, 0.1) is 5.41 Å². The fraction of sp³-hybridized carbons (Fsp3) is 0.692. The molecule has 19 heavy (non-hydrogen) atoms. The van der Waals surface area contributed by atoms with Gasteiger partial charge in [-0.25, -0.2) is 4.98 Å². The Balaban J connectivity index is 2.00. The molecule has 6 heteroatoms. The Morgan fingerprint density at radius 3 is 2.63 bits per heavy atom. The molecule has 0 unspecified atom stereocenters. The average Bonchev–Trinajstić information content (AvgIpc) is 2.93. The second-order valence-corrected chi connectivity index (χ2v) is 6.78. The van der Waals surface area contributed by atoms with Gasteiger partial charge in [-0.2, -0.15) is 0 Å². The summed E-state index contributed by atoms with van der Waals surface area (Å²) in [5.41, 5.74) is 6.06. The third-order valence-corrected chi connectivity index (χ3v) is 4.95. The maximum Gasteiger partial charge on any atom is 0.265 e. The summed E-state index contributed by atoms with van der Waals surface area (Å²) in [5, 5.41) is 3.77. The van der Waals surface area contributed by atoms with Crippen LogP contribution in [0.2, 0.25) is 0 Å². The van der Waals surface area contributed by atoms with Crippen LogP contribution in [0.3, 0.4) is 0 Å². The summed E-state index contributed by atoms with van der Waals surface area (Å²) in [5.74, 6) is 0.221. The van der Waals surface area contributed by atoms with Crippen molar-refractivity contribution in [1.29, 1.82) is 0 Å². The summed E-state index contributed by atoms with van der Waals surface area (Å²) in [4.78, 5) is 18.7. The first-order valence-corrected chi connectivity index (χ1v) is 7.45. The lowest BCUT2D eigenvalue weighted by atomic mass is 9.89. The van der Waals surface area contributed by atoms with Crippen molar-refractivity contribution in [3.63, 3.8) is 0 Å². The highest BCUT2D eigenvalue weighted by atomic mass is 32.1. The van der Waals surface area contributed by atoms with E-state index < -0.39 is 0 Å². The molecular formula is C13H22N4OS. The van der Waals surface area contributed by atoms with Gasteiger partial charge in [0, 0.05) is 20.6 Å². The molecule has 0 radical (unpaired) electrons. The maximum atomic E-state index is 12.2. The molecule has 1 saturated carbocycles. The number of carbonyl (C=O) groups is 1. The summed E-state index contributed by atoms with van der Waals surface area (Å²) >= 11 is 1.33. The molecule has 0 bridgehead atoms. The van der Waals surface area contributed by atoms with Gasteiger partial charge < -0.3 is 16.0 Å². The van der Waals surface area contributed by atoms with Crippen LogP contribution in [-0.4, -0.2) is 31.5 Å². The third-order valence-electron chi connectivity index (χ3n) is 3.72. The van der Waals surface area contributed by atoms with Crippen molar-refractivity contribution in [3.8, 4) is 0 Å². The molecule has 106 valence electrons. The van der Waals surface area contributed by atoms with E-state index in [4.69, 9.17) is 5.73 Å². The lowest BCUT2D eigenvalue weighted by molar-refractivity contribution is 0.0939.